The summed E-state index contributed by atoms with van der Waals surface area (Å²) in [6.07, 6.45) is -1.20. The molecule has 3 aliphatic carbocycles. The maximum absolute atomic E-state index is 13.6. The van der Waals surface area contributed by atoms with Crippen LogP contribution in [0.4, 0.5) is 0 Å². The summed E-state index contributed by atoms with van der Waals surface area (Å²) in [4.78, 5) is 38.4. The van der Waals surface area contributed by atoms with Crippen LogP contribution in [0.1, 0.15) is 30.9 Å². The molecular weight excluding hydrogens is 466 g/mol. The number of hydrogen-bond acceptors (Lipinski definition) is 8. The van der Waals surface area contributed by atoms with E-state index < -0.39 is 52.7 Å². The maximum atomic E-state index is 13.6. The molecule has 0 spiro atoms. The first-order valence-corrected chi connectivity index (χ1v) is 11.9. The summed E-state index contributed by atoms with van der Waals surface area (Å²) < 4.78 is 5.50. The summed E-state index contributed by atoms with van der Waals surface area (Å²) in [5.74, 6) is -6.57. The van der Waals surface area contributed by atoms with Crippen LogP contribution in [0.15, 0.2) is 42.0 Å². The third-order valence-electron chi connectivity index (χ3n) is 7.74. The molecule has 2 aromatic carbocycles. The van der Waals surface area contributed by atoms with Gasteiger partial charge in [0.25, 0.3) is 0 Å². The van der Waals surface area contributed by atoms with Crippen LogP contribution in [0.25, 0.3) is 16.9 Å². The Morgan fingerprint density at radius 3 is 2.44 bits per heavy atom. The Hall–Kier alpha value is -3.69. The van der Waals surface area contributed by atoms with Crippen molar-refractivity contribution in [2.24, 2.45) is 23.5 Å². The van der Waals surface area contributed by atoms with Crippen molar-refractivity contribution >= 4 is 23.2 Å². The van der Waals surface area contributed by atoms with E-state index in [0.29, 0.717) is 17.9 Å². The zero-order valence-electron chi connectivity index (χ0n) is 19.6. The van der Waals surface area contributed by atoms with E-state index in [4.69, 9.17) is 10.5 Å². The van der Waals surface area contributed by atoms with Crippen molar-refractivity contribution in [3.8, 4) is 22.6 Å². The predicted octanol–water partition coefficient (Wildman–Crippen LogP) is 1.65. The van der Waals surface area contributed by atoms with Crippen molar-refractivity contribution in [2.45, 2.75) is 37.9 Å². The van der Waals surface area contributed by atoms with Crippen LogP contribution in [0.3, 0.4) is 0 Å². The lowest BCUT2D eigenvalue weighted by Gasteiger charge is -2.48. The Bertz CT molecular complexity index is 1310. The van der Waals surface area contributed by atoms with Gasteiger partial charge in [-0.2, -0.15) is 0 Å². The quantitative estimate of drug-likeness (QED) is 0.401. The lowest BCUT2D eigenvalue weighted by molar-refractivity contribution is -0.174. The Balaban J connectivity index is 1.62. The average Bonchev–Trinajstić information content (AvgIpc) is 2.82. The van der Waals surface area contributed by atoms with Gasteiger partial charge in [0.15, 0.2) is 11.4 Å². The van der Waals surface area contributed by atoms with Gasteiger partial charge in [0.2, 0.25) is 11.7 Å². The van der Waals surface area contributed by atoms with E-state index >= 15 is 0 Å². The van der Waals surface area contributed by atoms with Gasteiger partial charge in [0, 0.05) is 11.5 Å². The maximum Gasteiger partial charge on any atom is 0.230 e. The van der Waals surface area contributed by atoms with Gasteiger partial charge in [-0.25, -0.2) is 0 Å². The molecule has 5 rings (SSSR count). The van der Waals surface area contributed by atoms with Crippen molar-refractivity contribution in [3.05, 3.63) is 53.1 Å². The van der Waals surface area contributed by atoms with Crippen LogP contribution in [0.2, 0.25) is 0 Å². The molecule has 9 heteroatoms. The van der Waals surface area contributed by atoms with E-state index in [9.17, 15) is 34.8 Å². The molecule has 188 valence electrons. The topological polar surface area (TPSA) is 167 Å². The highest BCUT2D eigenvalue weighted by molar-refractivity contribution is 6.24. The molecular formula is C27H27NO8. The number of aliphatic hydroxyl groups excluding tert-OH is 2. The van der Waals surface area contributed by atoms with Gasteiger partial charge < -0.3 is 30.9 Å². The molecule has 36 heavy (non-hydrogen) atoms. The summed E-state index contributed by atoms with van der Waals surface area (Å²) in [5, 5.41) is 43.6. The zero-order valence-corrected chi connectivity index (χ0v) is 19.6. The predicted molar refractivity (Wildman–Crippen MR) is 128 cm³/mol. The number of Topliss-reactive ketones (excluding diaryl/α,β-unsaturated/α-hetero) is 2. The number of aromatic hydroxyl groups is 1. The monoisotopic (exact) mass is 493 g/mol. The number of carbonyl (C=O) groups excluding carboxylic acids is 3. The van der Waals surface area contributed by atoms with Crippen LogP contribution >= 0.6 is 0 Å². The van der Waals surface area contributed by atoms with Crippen LogP contribution in [-0.2, 0) is 20.8 Å². The Labute approximate surface area is 206 Å². The van der Waals surface area contributed by atoms with Crippen molar-refractivity contribution < 1.29 is 39.5 Å². The largest absolute Gasteiger partial charge is 0.507 e. The molecule has 0 heterocycles. The van der Waals surface area contributed by atoms with E-state index in [1.54, 1.807) is 6.07 Å². The summed E-state index contributed by atoms with van der Waals surface area (Å²) in [6, 6.07) is 10.5. The number of phenolic OH excluding ortho intramolecular Hbond substituents is 1. The molecule has 0 saturated heterocycles. The standard InChI is InChI=1S/C27H27NO8/c1-2-36-15-5-3-12(4-6-15)16-7-8-18(29)21-17(16)10-13-9-14-11-19(30)22(26(28)34)25(33)27(14,35)24(32)20(13)23(21)31/h3-8,13-14,19,22,29-31,35H,2,9-11H2,1H3,(H2,28,34)/t13-,14+,19?,22?,27+/m1/s1. The number of benzene rings is 2. The number of primary amides is 1. The number of fused-ring (bicyclic) bond motifs is 3. The Morgan fingerprint density at radius 1 is 1.11 bits per heavy atom. The van der Waals surface area contributed by atoms with E-state index in [2.05, 4.69) is 0 Å². The minimum absolute atomic E-state index is 0.0674. The molecule has 3 aliphatic rings. The fourth-order valence-corrected chi connectivity index (χ4v) is 6.09. The van der Waals surface area contributed by atoms with Gasteiger partial charge >= 0.3 is 0 Å². The zero-order chi connectivity index (χ0) is 25.9. The fraction of sp³-hybridized carbons (Fsp3) is 0.370. The highest BCUT2D eigenvalue weighted by atomic mass is 16.5. The van der Waals surface area contributed by atoms with Gasteiger partial charge in [-0.05, 0) is 67.0 Å². The number of ketones is 2. The summed E-state index contributed by atoms with van der Waals surface area (Å²) in [5.41, 5.74) is 4.79. The molecule has 0 bridgehead atoms. The highest BCUT2D eigenvalue weighted by Crippen LogP contribution is 2.52. The van der Waals surface area contributed by atoms with Crippen molar-refractivity contribution in [2.75, 3.05) is 6.61 Å². The first kappa shape index (κ1) is 24.0. The molecule has 2 saturated carbocycles. The SMILES string of the molecule is CCOc1ccc(-c2ccc(O)c3c2C[C@H]2C[C@H]4CC(O)C(C(N)=O)C(=O)[C@@]4(O)C(=O)C2=C3O)cc1. The fourth-order valence-electron chi connectivity index (χ4n) is 6.09. The first-order valence-electron chi connectivity index (χ1n) is 11.9. The number of rotatable bonds is 4. The second kappa shape index (κ2) is 8.46. The number of phenols is 1. The lowest BCUT2D eigenvalue weighted by Crippen LogP contribution is -2.66. The summed E-state index contributed by atoms with van der Waals surface area (Å²) in [7, 11) is 0. The molecule has 0 radical (unpaired) electrons. The summed E-state index contributed by atoms with van der Waals surface area (Å²) in [6.45, 7) is 2.41. The second-order valence-corrected chi connectivity index (χ2v) is 9.68. The van der Waals surface area contributed by atoms with E-state index in [1.807, 2.05) is 31.2 Å². The molecule has 2 aromatic rings. The third-order valence-corrected chi connectivity index (χ3v) is 7.74. The second-order valence-electron chi connectivity index (χ2n) is 9.68. The summed E-state index contributed by atoms with van der Waals surface area (Å²) >= 11 is 0. The van der Waals surface area contributed by atoms with Crippen LogP contribution in [0.5, 0.6) is 11.5 Å². The highest BCUT2D eigenvalue weighted by Gasteiger charge is 2.63. The molecule has 6 N–H and O–H groups in total. The van der Waals surface area contributed by atoms with E-state index in [-0.39, 0.29) is 36.1 Å². The van der Waals surface area contributed by atoms with Crippen LogP contribution < -0.4 is 10.5 Å². The van der Waals surface area contributed by atoms with Gasteiger partial charge in [0.05, 0.1) is 18.3 Å². The number of carbonyl (C=O) groups is 3. The minimum Gasteiger partial charge on any atom is -0.507 e. The van der Waals surface area contributed by atoms with Crippen molar-refractivity contribution in [3.63, 3.8) is 0 Å². The molecule has 2 fully saturated rings. The van der Waals surface area contributed by atoms with Gasteiger partial charge in [-0.1, -0.05) is 18.2 Å². The number of hydrogen-bond donors (Lipinski definition) is 5. The number of nitrogens with two attached hydrogens (primary N) is 1. The molecule has 2 unspecified atom stereocenters. The molecule has 0 aliphatic heterocycles. The number of ether oxygens (including phenoxy) is 1. The number of amides is 1. The van der Waals surface area contributed by atoms with Gasteiger partial charge in [-0.3, -0.25) is 14.4 Å². The average molecular weight is 494 g/mol. The first-order chi connectivity index (χ1) is 17.1. The Kier molecular flexibility index (Phi) is 5.65. The van der Waals surface area contributed by atoms with Gasteiger partial charge in [-0.15, -0.1) is 0 Å². The van der Waals surface area contributed by atoms with Crippen LogP contribution in [0, 0.1) is 17.8 Å². The molecule has 9 nitrogen and oxygen atoms in total. The molecule has 5 atom stereocenters. The third kappa shape index (κ3) is 3.34. The minimum atomic E-state index is -2.58. The van der Waals surface area contributed by atoms with E-state index in [0.717, 1.165) is 11.1 Å². The normalized spacial score (nSPS) is 29.3. The molecule has 0 aromatic heterocycles. The van der Waals surface area contributed by atoms with Gasteiger partial charge in [0.1, 0.15) is 23.2 Å². The van der Waals surface area contributed by atoms with E-state index in [1.165, 1.54) is 6.07 Å². The van der Waals surface area contributed by atoms with Crippen LogP contribution in [-0.4, -0.2) is 56.2 Å². The lowest BCUT2D eigenvalue weighted by atomic mass is 9.56. The Morgan fingerprint density at radius 2 is 1.81 bits per heavy atom. The number of aliphatic hydroxyl groups is 3. The van der Waals surface area contributed by atoms with Crippen molar-refractivity contribution in [1.82, 2.24) is 0 Å². The molecule has 1 amide bonds. The smallest absolute Gasteiger partial charge is 0.230 e. The van der Waals surface area contributed by atoms with Crippen molar-refractivity contribution in [1.29, 1.82) is 0 Å².